The molecule has 0 spiro atoms. The summed E-state index contributed by atoms with van der Waals surface area (Å²) in [5.41, 5.74) is 8.41. The molecule has 0 fully saturated rings. The van der Waals surface area contributed by atoms with Gasteiger partial charge in [-0.1, -0.05) is 35.9 Å². The molecule has 2 aromatic carbocycles. The van der Waals surface area contributed by atoms with Gasteiger partial charge in [-0.2, -0.15) is 0 Å². The second-order valence-electron chi connectivity index (χ2n) is 4.80. The first-order chi connectivity index (χ1) is 10.2. The van der Waals surface area contributed by atoms with Gasteiger partial charge in [-0.15, -0.1) is 11.8 Å². The third-order valence-corrected chi connectivity index (χ3v) is 4.94. The molecule has 0 aliphatic rings. The highest BCUT2D eigenvalue weighted by molar-refractivity contribution is 7.99. The second kappa shape index (κ2) is 6.48. The molecule has 4 heteroatoms. The number of aromatic nitrogens is 1. The Kier molecular flexibility index (Phi) is 4.44. The Morgan fingerprint density at radius 2 is 1.95 bits per heavy atom. The number of nitrogens with zero attached hydrogens (tertiary/aromatic N) is 1. The summed E-state index contributed by atoms with van der Waals surface area (Å²) < 4.78 is 0. The van der Waals surface area contributed by atoms with Crippen LogP contribution in [0.2, 0.25) is 5.02 Å². The maximum atomic E-state index is 6.30. The van der Waals surface area contributed by atoms with Crippen LogP contribution in [0, 0.1) is 0 Å². The zero-order valence-electron chi connectivity index (χ0n) is 11.4. The molecule has 2 nitrogen and oxygen atoms in total. The average molecular weight is 315 g/mol. The van der Waals surface area contributed by atoms with Crippen molar-refractivity contribution in [3.63, 3.8) is 0 Å². The van der Waals surface area contributed by atoms with Crippen LogP contribution in [0.1, 0.15) is 11.6 Å². The highest BCUT2D eigenvalue weighted by Gasteiger charge is 2.09. The Bertz CT molecular complexity index is 760. The number of nitrogens with two attached hydrogens (primary N) is 1. The fourth-order valence-electron chi connectivity index (χ4n) is 2.16. The molecule has 21 heavy (non-hydrogen) atoms. The van der Waals surface area contributed by atoms with Crippen LogP contribution in [-0.4, -0.2) is 10.7 Å². The quantitative estimate of drug-likeness (QED) is 0.711. The van der Waals surface area contributed by atoms with Crippen molar-refractivity contribution >= 4 is 34.3 Å². The first-order valence-electron chi connectivity index (χ1n) is 6.71. The van der Waals surface area contributed by atoms with Gasteiger partial charge in [0.15, 0.2) is 0 Å². The fraction of sp³-hybridized carbons (Fsp3) is 0.118. The molecule has 3 rings (SSSR count). The Labute approximate surface area is 133 Å². The van der Waals surface area contributed by atoms with Crippen LogP contribution in [0.4, 0.5) is 0 Å². The molecular formula is C17H15ClN2S. The predicted octanol–water partition coefficient (Wildman–Crippen LogP) is 4.68. The number of fused-ring (bicyclic) bond motifs is 1. The summed E-state index contributed by atoms with van der Waals surface area (Å²) in [4.78, 5) is 5.39. The van der Waals surface area contributed by atoms with Gasteiger partial charge >= 0.3 is 0 Å². The molecule has 0 aliphatic carbocycles. The zero-order valence-corrected chi connectivity index (χ0v) is 12.9. The molecule has 1 heterocycles. The molecule has 0 bridgehead atoms. The Morgan fingerprint density at radius 3 is 2.81 bits per heavy atom. The van der Waals surface area contributed by atoms with E-state index in [1.807, 2.05) is 42.5 Å². The van der Waals surface area contributed by atoms with Gasteiger partial charge in [0.25, 0.3) is 0 Å². The highest BCUT2D eigenvalue weighted by Crippen LogP contribution is 2.29. The number of hydrogen-bond donors (Lipinski definition) is 1. The van der Waals surface area contributed by atoms with Crippen molar-refractivity contribution in [3.8, 4) is 0 Å². The van der Waals surface area contributed by atoms with Crippen LogP contribution in [0.25, 0.3) is 10.9 Å². The van der Waals surface area contributed by atoms with Gasteiger partial charge in [-0.25, -0.2) is 0 Å². The number of hydrogen-bond acceptors (Lipinski definition) is 3. The number of benzene rings is 2. The maximum Gasteiger partial charge on any atom is 0.0702 e. The van der Waals surface area contributed by atoms with Crippen LogP contribution in [-0.2, 0) is 0 Å². The van der Waals surface area contributed by atoms with E-state index in [4.69, 9.17) is 17.3 Å². The normalized spacial score (nSPS) is 12.5. The first-order valence-corrected chi connectivity index (χ1v) is 8.08. The first kappa shape index (κ1) is 14.4. The molecule has 3 aromatic rings. The van der Waals surface area contributed by atoms with E-state index < -0.39 is 0 Å². The van der Waals surface area contributed by atoms with E-state index >= 15 is 0 Å². The molecule has 0 saturated heterocycles. The van der Waals surface area contributed by atoms with E-state index in [0.717, 1.165) is 32.1 Å². The minimum Gasteiger partial charge on any atom is -0.323 e. The molecule has 1 unspecified atom stereocenters. The SMILES string of the molecule is NC(CSc1ccccc1Cl)c1ccc2ncccc2c1. The number of rotatable bonds is 4. The molecule has 1 aromatic heterocycles. The van der Waals surface area contributed by atoms with Crippen molar-refractivity contribution in [2.24, 2.45) is 5.73 Å². The van der Waals surface area contributed by atoms with Crippen molar-refractivity contribution in [1.82, 2.24) is 4.98 Å². The number of thioether (sulfide) groups is 1. The minimum atomic E-state index is -0.0316. The summed E-state index contributed by atoms with van der Waals surface area (Å²) in [6.45, 7) is 0. The van der Waals surface area contributed by atoms with Gasteiger partial charge in [0.05, 0.1) is 10.5 Å². The third-order valence-electron chi connectivity index (χ3n) is 3.31. The topological polar surface area (TPSA) is 38.9 Å². The molecule has 0 aliphatic heterocycles. The van der Waals surface area contributed by atoms with Crippen molar-refractivity contribution in [2.45, 2.75) is 10.9 Å². The van der Waals surface area contributed by atoms with Crippen LogP contribution < -0.4 is 5.73 Å². The minimum absolute atomic E-state index is 0.0316. The van der Waals surface area contributed by atoms with Gasteiger partial charge < -0.3 is 5.73 Å². The Hall–Kier alpha value is -1.55. The molecule has 0 saturated carbocycles. The highest BCUT2D eigenvalue weighted by atomic mass is 35.5. The van der Waals surface area contributed by atoms with Gasteiger partial charge in [0.2, 0.25) is 0 Å². The summed E-state index contributed by atoms with van der Waals surface area (Å²) in [5.74, 6) is 0.787. The Balaban J connectivity index is 1.75. The van der Waals surface area contributed by atoms with E-state index in [1.54, 1.807) is 18.0 Å². The van der Waals surface area contributed by atoms with Gasteiger partial charge in [0, 0.05) is 28.3 Å². The molecule has 106 valence electrons. The zero-order chi connectivity index (χ0) is 14.7. The van der Waals surface area contributed by atoms with Crippen molar-refractivity contribution in [1.29, 1.82) is 0 Å². The lowest BCUT2D eigenvalue weighted by atomic mass is 10.1. The van der Waals surface area contributed by atoms with Crippen LogP contribution in [0.5, 0.6) is 0 Å². The summed E-state index contributed by atoms with van der Waals surface area (Å²) in [6, 6.07) is 18.0. The maximum absolute atomic E-state index is 6.30. The number of halogens is 1. The summed E-state index contributed by atoms with van der Waals surface area (Å²) in [5, 5.41) is 1.89. The van der Waals surface area contributed by atoms with Crippen molar-refractivity contribution in [2.75, 3.05) is 5.75 Å². The smallest absolute Gasteiger partial charge is 0.0702 e. The average Bonchev–Trinajstić information content (AvgIpc) is 2.53. The van der Waals surface area contributed by atoms with Crippen LogP contribution >= 0.6 is 23.4 Å². The Morgan fingerprint density at radius 1 is 1.10 bits per heavy atom. The third kappa shape index (κ3) is 3.38. The van der Waals surface area contributed by atoms with Crippen molar-refractivity contribution < 1.29 is 0 Å². The molecular weight excluding hydrogens is 300 g/mol. The lowest BCUT2D eigenvalue weighted by Crippen LogP contribution is -2.12. The van der Waals surface area contributed by atoms with E-state index in [2.05, 4.69) is 17.1 Å². The van der Waals surface area contributed by atoms with Gasteiger partial charge in [0.1, 0.15) is 0 Å². The fourth-order valence-corrected chi connectivity index (χ4v) is 3.39. The monoisotopic (exact) mass is 314 g/mol. The second-order valence-corrected chi connectivity index (χ2v) is 6.27. The summed E-state index contributed by atoms with van der Waals surface area (Å²) >= 11 is 7.84. The van der Waals surface area contributed by atoms with Gasteiger partial charge in [-0.3, -0.25) is 4.98 Å². The largest absolute Gasteiger partial charge is 0.323 e. The van der Waals surface area contributed by atoms with E-state index in [0.29, 0.717) is 0 Å². The lowest BCUT2D eigenvalue weighted by Gasteiger charge is -2.13. The molecule has 0 radical (unpaired) electrons. The summed E-state index contributed by atoms with van der Waals surface area (Å²) in [7, 11) is 0. The predicted molar refractivity (Wildman–Crippen MR) is 90.8 cm³/mol. The van der Waals surface area contributed by atoms with E-state index in [-0.39, 0.29) is 6.04 Å². The lowest BCUT2D eigenvalue weighted by molar-refractivity contribution is 0.833. The standard InChI is InChI=1S/C17H15ClN2S/c18-14-5-1-2-6-17(14)21-11-15(19)12-7-8-16-13(10-12)4-3-9-20-16/h1-10,15H,11,19H2. The number of pyridine rings is 1. The molecule has 2 N–H and O–H groups in total. The van der Waals surface area contributed by atoms with Crippen LogP contribution in [0.15, 0.2) is 65.7 Å². The van der Waals surface area contributed by atoms with Gasteiger partial charge in [-0.05, 0) is 35.9 Å². The van der Waals surface area contributed by atoms with E-state index in [1.165, 1.54) is 0 Å². The molecule has 0 amide bonds. The summed E-state index contributed by atoms with van der Waals surface area (Å²) in [6.07, 6.45) is 1.80. The molecule has 1 atom stereocenters. The van der Waals surface area contributed by atoms with Crippen LogP contribution in [0.3, 0.4) is 0 Å². The van der Waals surface area contributed by atoms with E-state index in [9.17, 15) is 0 Å². The van der Waals surface area contributed by atoms with Crippen molar-refractivity contribution in [3.05, 3.63) is 71.4 Å².